The zero-order valence-electron chi connectivity index (χ0n) is 9.95. The molecule has 0 saturated carbocycles. The molecule has 3 nitrogen and oxygen atoms in total. The molecule has 1 atom stereocenters. The van der Waals surface area contributed by atoms with Gasteiger partial charge in [0.05, 0.1) is 6.33 Å². The summed E-state index contributed by atoms with van der Waals surface area (Å²) in [7, 11) is 0. The topological polar surface area (TPSA) is 29.9 Å². The second kappa shape index (κ2) is 7.46. The highest BCUT2D eigenvalue weighted by Crippen LogP contribution is 2.03. The van der Waals surface area contributed by atoms with Crippen molar-refractivity contribution in [3.63, 3.8) is 0 Å². The molecule has 0 radical (unpaired) electrons. The van der Waals surface area contributed by atoms with Crippen molar-refractivity contribution in [2.75, 3.05) is 6.54 Å². The fourth-order valence-corrected chi connectivity index (χ4v) is 1.72. The molecule has 0 aliphatic rings. The highest BCUT2D eigenvalue weighted by molar-refractivity contribution is 4.74. The van der Waals surface area contributed by atoms with Crippen molar-refractivity contribution >= 4 is 0 Å². The summed E-state index contributed by atoms with van der Waals surface area (Å²) < 4.78 is 2.11. The van der Waals surface area contributed by atoms with Gasteiger partial charge < -0.3 is 9.88 Å². The molecule has 0 aromatic carbocycles. The Kier molecular flexibility index (Phi) is 6.09. The average molecular weight is 209 g/mol. The highest BCUT2D eigenvalue weighted by atomic mass is 15.0. The molecule has 0 aliphatic heterocycles. The normalized spacial score (nSPS) is 12.9. The van der Waals surface area contributed by atoms with Gasteiger partial charge in [-0.1, -0.05) is 26.7 Å². The molecule has 86 valence electrons. The van der Waals surface area contributed by atoms with Gasteiger partial charge >= 0.3 is 0 Å². The molecular weight excluding hydrogens is 186 g/mol. The second-order valence-corrected chi connectivity index (χ2v) is 4.00. The molecule has 0 aliphatic carbocycles. The highest BCUT2D eigenvalue weighted by Gasteiger charge is 2.03. The number of imidazole rings is 1. The fraction of sp³-hybridized carbons (Fsp3) is 0.750. The molecule has 1 heterocycles. The van der Waals surface area contributed by atoms with Gasteiger partial charge in [-0.2, -0.15) is 0 Å². The van der Waals surface area contributed by atoms with Gasteiger partial charge in [0, 0.05) is 31.5 Å². The second-order valence-electron chi connectivity index (χ2n) is 4.00. The zero-order valence-corrected chi connectivity index (χ0v) is 9.95. The van der Waals surface area contributed by atoms with Gasteiger partial charge in [0.2, 0.25) is 0 Å². The van der Waals surface area contributed by atoms with Crippen LogP contribution in [0.3, 0.4) is 0 Å². The van der Waals surface area contributed by atoms with Gasteiger partial charge in [0.1, 0.15) is 0 Å². The Morgan fingerprint density at radius 2 is 2.27 bits per heavy atom. The summed E-state index contributed by atoms with van der Waals surface area (Å²) in [5.41, 5.74) is 0. The van der Waals surface area contributed by atoms with Crippen LogP contribution in [-0.4, -0.2) is 22.1 Å². The van der Waals surface area contributed by atoms with E-state index in [-0.39, 0.29) is 0 Å². The molecule has 1 N–H and O–H groups in total. The van der Waals surface area contributed by atoms with E-state index in [0.717, 1.165) is 13.1 Å². The van der Waals surface area contributed by atoms with Crippen LogP contribution in [-0.2, 0) is 6.54 Å². The van der Waals surface area contributed by atoms with Crippen molar-refractivity contribution in [1.82, 2.24) is 14.9 Å². The van der Waals surface area contributed by atoms with Crippen LogP contribution in [0.5, 0.6) is 0 Å². The summed E-state index contributed by atoms with van der Waals surface area (Å²) in [6, 6.07) is 0.688. The lowest BCUT2D eigenvalue weighted by atomic mass is 10.1. The first kappa shape index (κ1) is 12.2. The third-order valence-electron chi connectivity index (χ3n) is 2.76. The van der Waals surface area contributed by atoms with Gasteiger partial charge in [-0.05, 0) is 12.8 Å². The number of rotatable bonds is 8. The van der Waals surface area contributed by atoms with Crippen LogP contribution >= 0.6 is 0 Å². The van der Waals surface area contributed by atoms with Crippen LogP contribution in [0.2, 0.25) is 0 Å². The van der Waals surface area contributed by atoms with E-state index >= 15 is 0 Å². The van der Waals surface area contributed by atoms with Crippen molar-refractivity contribution in [3.05, 3.63) is 18.7 Å². The Balaban J connectivity index is 2.11. The van der Waals surface area contributed by atoms with E-state index in [2.05, 4.69) is 28.7 Å². The maximum Gasteiger partial charge on any atom is 0.0946 e. The van der Waals surface area contributed by atoms with Crippen LogP contribution in [0.25, 0.3) is 0 Å². The van der Waals surface area contributed by atoms with Gasteiger partial charge in [0.15, 0.2) is 0 Å². The summed E-state index contributed by atoms with van der Waals surface area (Å²) >= 11 is 0. The Morgan fingerprint density at radius 3 is 2.87 bits per heavy atom. The fourth-order valence-electron chi connectivity index (χ4n) is 1.72. The minimum Gasteiger partial charge on any atom is -0.336 e. The van der Waals surface area contributed by atoms with E-state index in [1.54, 1.807) is 0 Å². The third-order valence-corrected chi connectivity index (χ3v) is 2.76. The third kappa shape index (κ3) is 4.98. The lowest BCUT2D eigenvalue weighted by Crippen LogP contribution is -2.31. The average Bonchev–Trinajstić information content (AvgIpc) is 2.76. The van der Waals surface area contributed by atoms with Crippen LogP contribution in [0.4, 0.5) is 0 Å². The monoisotopic (exact) mass is 209 g/mol. The van der Waals surface area contributed by atoms with Crippen molar-refractivity contribution in [2.45, 2.75) is 52.1 Å². The first-order valence-electron chi connectivity index (χ1n) is 6.06. The molecule has 3 heteroatoms. The predicted molar refractivity (Wildman–Crippen MR) is 63.8 cm³/mol. The molecule has 0 bridgehead atoms. The molecule has 15 heavy (non-hydrogen) atoms. The molecule has 1 aromatic heterocycles. The Bertz CT molecular complexity index is 231. The summed E-state index contributed by atoms with van der Waals surface area (Å²) in [5, 5.41) is 3.59. The van der Waals surface area contributed by atoms with Crippen LogP contribution in [0.1, 0.15) is 39.5 Å². The standard InChI is InChI=1S/C12H23N3/c1-3-5-6-12(4-2)14-8-10-15-9-7-13-11-15/h7,9,11-12,14H,3-6,8,10H2,1-2H3. The smallest absolute Gasteiger partial charge is 0.0946 e. The number of unbranched alkanes of at least 4 members (excludes halogenated alkanes) is 1. The van der Waals surface area contributed by atoms with E-state index in [1.807, 2.05) is 18.7 Å². The molecule has 0 spiro atoms. The number of hydrogen-bond donors (Lipinski definition) is 1. The Hall–Kier alpha value is -0.830. The van der Waals surface area contributed by atoms with E-state index in [9.17, 15) is 0 Å². The van der Waals surface area contributed by atoms with Crippen molar-refractivity contribution in [3.8, 4) is 0 Å². The first-order chi connectivity index (χ1) is 7.36. The van der Waals surface area contributed by atoms with E-state index in [0.29, 0.717) is 6.04 Å². The van der Waals surface area contributed by atoms with Crippen molar-refractivity contribution < 1.29 is 0 Å². The van der Waals surface area contributed by atoms with Gasteiger partial charge in [-0.3, -0.25) is 0 Å². The van der Waals surface area contributed by atoms with Crippen molar-refractivity contribution in [1.29, 1.82) is 0 Å². The van der Waals surface area contributed by atoms with Gasteiger partial charge in [-0.25, -0.2) is 4.98 Å². The van der Waals surface area contributed by atoms with Gasteiger partial charge in [-0.15, -0.1) is 0 Å². The SMILES string of the molecule is CCCCC(CC)NCCn1ccnc1. The zero-order chi connectivity index (χ0) is 10.9. The molecule has 1 unspecified atom stereocenters. The molecule has 0 saturated heterocycles. The minimum atomic E-state index is 0.688. The summed E-state index contributed by atoms with van der Waals surface area (Å²) in [5.74, 6) is 0. The molecule has 1 rings (SSSR count). The van der Waals surface area contributed by atoms with E-state index in [4.69, 9.17) is 0 Å². The van der Waals surface area contributed by atoms with E-state index in [1.165, 1.54) is 25.7 Å². The lowest BCUT2D eigenvalue weighted by molar-refractivity contribution is 0.439. The molecule has 0 fully saturated rings. The number of hydrogen-bond acceptors (Lipinski definition) is 2. The lowest BCUT2D eigenvalue weighted by Gasteiger charge is -2.16. The van der Waals surface area contributed by atoms with Gasteiger partial charge in [0.25, 0.3) is 0 Å². The summed E-state index contributed by atoms with van der Waals surface area (Å²) in [6.07, 6.45) is 10.9. The maximum absolute atomic E-state index is 4.02. The first-order valence-corrected chi connectivity index (χ1v) is 6.06. The summed E-state index contributed by atoms with van der Waals surface area (Å²) in [4.78, 5) is 4.02. The van der Waals surface area contributed by atoms with Crippen LogP contribution < -0.4 is 5.32 Å². The predicted octanol–water partition coefficient (Wildman–Crippen LogP) is 2.44. The van der Waals surface area contributed by atoms with Crippen LogP contribution in [0, 0.1) is 0 Å². The quantitative estimate of drug-likeness (QED) is 0.712. The molecular formula is C12H23N3. The van der Waals surface area contributed by atoms with E-state index < -0.39 is 0 Å². The number of nitrogens with one attached hydrogen (secondary N) is 1. The largest absolute Gasteiger partial charge is 0.336 e. The maximum atomic E-state index is 4.02. The molecule has 1 aromatic rings. The Morgan fingerprint density at radius 1 is 1.40 bits per heavy atom. The van der Waals surface area contributed by atoms with Crippen LogP contribution in [0.15, 0.2) is 18.7 Å². The van der Waals surface area contributed by atoms with Crippen molar-refractivity contribution in [2.24, 2.45) is 0 Å². The Labute approximate surface area is 92.9 Å². The number of aromatic nitrogens is 2. The molecule has 0 amide bonds. The minimum absolute atomic E-state index is 0.688. The summed E-state index contributed by atoms with van der Waals surface area (Å²) in [6.45, 7) is 6.56. The number of nitrogens with zero attached hydrogens (tertiary/aromatic N) is 2.